The number of fused-ring (bicyclic) bond motifs is 3. The van der Waals surface area contributed by atoms with Crippen molar-refractivity contribution in [2.75, 3.05) is 14.2 Å². The van der Waals surface area contributed by atoms with Gasteiger partial charge < -0.3 is 4.74 Å². The zero-order chi connectivity index (χ0) is 27.8. The second-order valence-corrected chi connectivity index (χ2v) is 13.4. The van der Waals surface area contributed by atoms with E-state index in [0.29, 0.717) is 18.0 Å². The van der Waals surface area contributed by atoms with Gasteiger partial charge in [0, 0.05) is 32.3 Å². The van der Waals surface area contributed by atoms with Crippen molar-refractivity contribution in [2.45, 2.75) is 47.1 Å². The van der Waals surface area contributed by atoms with Gasteiger partial charge in [0.25, 0.3) is 20.2 Å². The summed E-state index contributed by atoms with van der Waals surface area (Å²) in [5, 5.41) is 0.0465. The number of nitrogens with zero attached hydrogens (tertiary/aromatic N) is 1. The van der Waals surface area contributed by atoms with Gasteiger partial charge >= 0.3 is 5.97 Å². The summed E-state index contributed by atoms with van der Waals surface area (Å²) in [5.41, 5.74) is 1.31. The maximum atomic E-state index is 12.3. The molecule has 3 aromatic rings. The molecule has 3 aromatic carbocycles. The third-order valence-electron chi connectivity index (χ3n) is 7.44. The first-order valence-electron chi connectivity index (χ1n) is 11.9. The van der Waals surface area contributed by atoms with E-state index in [4.69, 9.17) is 13.8 Å². The van der Waals surface area contributed by atoms with E-state index in [0.717, 1.165) is 25.0 Å². The minimum absolute atomic E-state index is 0.0233. The summed E-state index contributed by atoms with van der Waals surface area (Å²) in [6.07, 6.45) is 3.38. The molecule has 204 valence electrons. The fraction of sp³-hybridized carbons (Fsp3) is 0.346. The van der Waals surface area contributed by atoms with Crippen LogP contribution in [0.4, 0.5) is 0 Å². The van der Waals surface area contributed by atoms with Crippen LogP contribution in [0.2, 0.25) is 0 Å². The lowest BCUT2D eigenvalue weighted by Gasteiger charge is -2.42. The van der Waals surface area contributed by atoms with Crippen LogP contribution in [0.15, 0.2) is 70.5 Å². The Kier molecular flexibility index (Phi) is 8.50. The summed E-state index contributed by atoms with van der Waals surface area (Å²) in [4.78, 5) is 13.9. The van der Waals surface area contributed by atoms with Gasteiger partial charge in [0.05, 0.1) is 13.0 Å². The zero-order valence-electron chi connectivity index (χ0n) is 20.7. The van der Waals surface area contributed by atoms with E-state index in [1.807, 2.05) is 0 Å². The van der Waals surface area contributed by atoms with Crippen LogP contribution in [0.25, 0.3) is 10.8 Å². The summed E-state index contributed by atoms with van der Waals surface area (Å²) in [5.74, 6) is 0.218. The highest BCUT2D eigenvalue weighted by Crippen LogP contribution is 2.47. The largest absolute Gasteiger partial charge is 0.469 e. The average Bonchev–Trinajstić information content (AvgIpc) is 3.09. The molecule has 0 radical (unpaired) electrons. The second-order valence-electron chi connectivity index (χ2n) is 9.43. The molecule has 0 aliphatic carbocycles. The first-order chi connectivity index (χ1) is 17.8. The third-order valence-corrected chi connectivity index (χ3v) is 10.3. The van der Waals surface area contributed by atoms with Crippen molar-refractivity contribution in [2.24, 2.45) is 5.92 Å². The molecule has 0 unspecified atom stereocenters. The number of carbonyl (C=O) groups is 1. The Labute approximate surface area is 235 Å². The van der Waals surface area contributed by atoms with Crippen LogP contribution in [0.5, 0.6) is 0 Å². The average molecular weight is 674 g/mol. The van der Waals surface area contributed by atoms with Crippen LogP contribution in [-0.2, 0) is 29.8 Å². The lowest BCUT2D eigenvalue weighted by Crippen LogP contribution is -2.49. The molecule has 2 heterocycles. The molecule has 0 amide bonds. The molecule has 4 atom stereocenters. The molecule has 2 aliphatic heterocycles. The molecule has 2 aliphatic rings. The summed E-state index contributed by atoms with van der Waals surface area (Å²) in [6.45, 7) is 0. The molecule has 2 N–H and O–H groups in total. The van der Waals surface area contributed by atoms with E-state index in [1.54, 1.807) is 0 Å². The molecule has 2 bridgehead atoms. The summed E-state index contributed by atoms with van der Waals surface area (Å²) in [6, 6.07) is 16.9. The number of piperidine rings is 1. The van der Waals surface area contributed by atoms with Crippen LogP contribution in [0.3, 0.4) is 0 Å². The smallest absolute Gasteiger partial charge is 0.310 e. The standard InChI is InChI=1S/C16H20INO2.C10H8O6S2/c1-18-10-7-8-14(18)15(16(19)20-2)12(9-10)11-5-3-4-6-13(11)17;11-17(12,13)9-5-1-3-7-8(9)4-2-6-10(7)18(14,15)16/h3-6,10,12,14-15H,7-9H2,1-2H3;1-6H,(H,11,12,13)(H,14,15,16)/t10-,12+,14+,15+;/m0./s1. The van der Waals surface area contributed by atoms with Crippen molar-refractivity contribution in [1.82, 2.24) is 4.90 Å². The van der Waals surface area contributed by atoms with Crippen LogP contribution in [0, 0.1) is 9.49 Å². The number of ether oxygens (including phenoxy) is 1. The highest BCUT2D eigenvalue weighted by molar-refractivity contribution is 14.1. The predicted octanol–water partition coefficient (Wildman–Crippen LogP) is 4.36. The maximum absolute atomic E-state index is 12.3. The van der Waals surface area contributed by atoms with Crippen LogP contribution in [0.1, 0.15) is 30.7 Å². The molecular weight excluding hydrogens is 645 g/mol. The first kappa shape index (κ1) is 28.9. The highest BCUT2D eigenvalue weighted by atomic mass is 127. The van der Waals surface area contributed by atoms with Crippen molar-refractivity contribution in [3.63, 3.8) is 0 Å². The molecule has 0 spiro atoms. The second kappa shape index (κ2) is 11.2. The summed E-state index contributed by atoms with van der Waals surface area (Å²) < 4.78 is 69.1. The molecule has 38 heavy (non-hydrogen) atoms. The number of hydrogen-bond donors (Lipinski definition) is 2. The van der Waals surface area contributed by atoms with Gasteiger partial charge in [0.15, 0.2) is 0 Å². The number of methoxy groups -OCH3 is 1. The molecular formula is C26H28INO8S2. The molecule has 2 saturated heterocycles. The van der Waals surface area contributed by atoms with E-state index in [9.17, 15) is 21.6 Å². The lowest BCUT2D eigenvalue weighted by molar-refractivity contribution is -0.150. The Morgan fingerprint density at radius 1 is 0.895 bits per heavy atom. The Morgan fingerprint density at radius 2 is 1.45 bits per heavy atom. The summed E-state index contributed by atoms with van der Waals surface area (Å²) >= 11 is 2.38. The van der Waals surface area contributed by atoms with Crippen molar-refractivity contribution in [1.29, 1.82) is 0 Å². The SMILES string of the molecule is COC(=O)[C@@H]1[C@@H](c2ccccc2I)C[C@@H]2CC[C@H]1N2C.O=S(=O)(O)c1cccc2c(S(=O)(=O)O)cccc12. The first-order valence-corrected chi connectivity index (χ1v) is 15.8. The van der Waals surface area contributed by atoms with Gasteiger partial charge in [-0.3, -0.25) is 18.8 Å². The number of hydrogen-bond acceptors (Lipinski definition) is 7. The van der Waals surface area contributed by atoms with Crippen molar-refractivity contribution in [3.8, 4) is 0 Å². The van der Waals surface area contributed by atoms with E-state index >= 15 is 0 Å². The van der Waals surface area contributed by atoms with E-state index in [2.05, 4.69) is 58.8 Å². The Bertz CT molecular complexity index is 1500. The van der Waals surface area contributed by atoms with Crippen molar-refractivity contribution < 1.29 is 35.5 Å². The number of rotatable bonds is 4. The highest BCUT2D eigenvalue weighted by Gasteiger charge is 2.49. The van der Waals surface area contributed by atoms with Gasteiger partial charge in [-0.1, -0.05) is 42.5 Å². The van der Waals surface area contributed by atoms with Gasteiger partial charge in [-0.25, -0.2) is 0 Å². The number of halogens is 1. The Morgan fingerprint density at radius 3 is 1.95 bits per heavy atom. The maximum Gasteiger partial charge on any atom is 0.310 e. The topological polar surface area (TPSA) is 138 Å². The molecule has 0 saturated carbocycles. The molecule has 9 nitrogen and oxygen atoms in total. The van der Waals surface area contributed by atoms with Crippen LogP contribution < -0.4 is 0 Å². The van der Waals surface area contributed by atoms with Crippen molar-refractivity contribution in [3.05, 3.63) is 69.8 Å². The van der Waals surface area contributed by atoms with Crippen LogP contribution in [-0.4, -0.2) is 63.1 Å². The van der Waals surface area contributed by atoms with Gasteiger partial charge in [-0.05, 0) is 72.7 Å². The molecule has 2 fully saturated rings. The number of benzene rings is 3. The molecule has 12 heteroatoms. The minimum Gasteiger partial charge on any atom is -0.469 e. The molecule has 0 aromatic heterocycles. The van der Waals surface area contributed by atoms with Gasteiger partial charge in [0.2, 0.25) is 0 Å². The fourth-order valence-electron chi connectivity index (χ4n) is 5.72. The fourth-order valence-corrected chi connectivity index (χ4v) is 7.92. The number of esters is 1. The van der Waals surface area contributed by atoms with E-state index < -0.39 is 30.0 Å². The predicted molar refractivity (Wildman–Crippen MR) is 150 cm³/mol. The Balaban J connectivity index is 0.000000178. The Hall–Kier alpha value is -2.10. The van der Waals surface area contributed by atoms with Gasteiger partial charge in [-0.15, -0.1) is 0 Å². The van der Waals surface area contributed by atoms with E-state index in [-0.39, 0.29) is 22.7 Å². The zero-order valence-corrected chi connectivity index (χ0v) is 24.5. The van der Waals surface area contributed by atoms with Gasteiger partial charge in [-0.2, -0.15) is 16.8 Å². The lowest BCUT2D eigenvalue weighted by atomic mass is 9.76. The monoisotopic (exact) mass is 673 g/mol. The number of carbonyl (C=O) groups excluding carboxylic acids is 1. The summed E-state index contributed by atoms with van der Waals surface area (Å²) in [7, 11) is -5.27. The van der Waals surface area contributed by atoms with E-state index in [1.165, 1.54) is 46.9 Å². The normalized spacial score (nSPS) is 23.5. The minimum atomic E-state index is -4.47. The van der Waals surface area contributed by atoms with Crippen LogP contribution >= 0.6 is 22.6 Å². The quantitative estimate of drug-likeness (QED) is 0.235. The van der Waals surface area contributed by atoms with Gasteiger partial charge in [0.1, 0.15) is 9.79 Å². The molecule has 5 rings (SSSR count). The third kappa shape index (κ3) is 5.75. The van der Waals surface area contributed by atoms with Crippen molar-refractivity contribution >= 4 is 59.6 Å².